The van der Waals surface area contributed by atoms with E-state index < -0.39 is 0 Å². The summed E-state index contributed by atoms with van der Waals surface area (Å²) in [5.41, 5.74) is 4.71. The van der Waals surface area contributed by atoms with Crippen molar-refractivity contribution in [3.63, 3.8) is 0 Å². The lowest BCUT2D eigenvalue weighted by Crippen LogP contribution is -2.02. The third-order valence-electron chi connectivity index (χ3n) is 3.33. The molecular formula is C16H15Cl2F. The van der Waals surface area contributed by atoms with Gasteiger partial charge in [-0.2, -0.15) is 0 Å². The van der Waals surface area contributed by atoms with Crippen LogP contribution in [0.1, 0.15) is 33.2 Å². The summed E-state index contributed by atoms with van der Waals surface area (Å²) in [7, 11) is 0. The summed E-state index contributed by atoms with van der Waals surface area (Å²) in [5.74, 6) is -0.231. The van der Waals surface area contributed by atoms with Gasteiger partial charge in [0.25, 0.3) is 0 Å². The summed E-state index contributed by atoms with van der Waals surface area (Å²) in [6, 6.07) is 8.68. The van der Waals surface area contributed by atoms with Crippen LogP contribution in [0.5, 0.6) is 0 Å². The highest BCUT2D eigenvalue weighted by molar-refractivity contribution is 6.31. The standard InChI is InChI=1S/C16H15Cl2F/c1-9-4-5-12(17)8-14(9)16(18)15-10(2)6-13(19)7-11(15)3/h4-8,16H,1-3H3. The fraction of sp³-hybridized carbons (Fsp3) is 0.250. The minimum Gasteiger partial charge on any atom is -0.207 e. The normalized spacial score (nSPS) is 12.5. The van der Waals surface area contributed by atoms with E-state index in [4.69, 9.17) is 23.2 Å². The van der Waals surface area contributed by atoms with E-state index >= 15 is 0 Å². The first-order valence-corrected chi connectivity index (χ1v) is 6.88. The quantitative estimate of drug-likeness (QED) is 0.621. The van der Waals surface area contributed by atoms with Crippen molar-refractivity contribution in [1.82, 2.24) is 0 Å². The van der Waals surface area contributed by atoms with Crippen molar-refractivity contribution in [2.45, 2.75) is 26.1 Å². The average molecular weight is 297 g/mol. The van der Waals surface area contributed by atoms with Gasteiger partial charge >= 0.3 is 0 Å². The van der Waals surface area contributed by atoms with Crippen LogP contribution in [-0.2, 0) is 0 Å². The second-order valence-electron chi connectivity index (χ2n) is 4.82. The monoisotopic (exact) mass is 296 g/mol. The van der Waals surface area contributed by atoms with E-state index in [0.717, 1.165) is 27.8 Å². The number of alkyl halides is 1. The van der Waals surface area contributed by atoms with E-state index in [1.807, 2.05) is 39.0 Å². The van der Waals surface area contributed by atoms with Crippen LogP contribution in [0.2, 0.25) is 5.02 Å². The zero-order valence-electron chi connectivity index (χ0n) is 11.1. The Kier molecular flexibility index (Phi) is 4.17. The topological polar surface area (TPSA) is 0 Å². The first kappa shape index (κ1) is 14.4. The first-order valence-electron chi connectivity index (χ1n) is 6.07. The Hall–Kier alpha value is -1.05. The Labute approximate surface area is 123 Å². The van der Waals surface area contributed by atoms with Crippen molar-refractivity contribution in [2.24, 2.45) is 0 Å². The van der Waals surface area contributed by atoms with E-state index in [2.05, 4.69) is 0 Å². The zero-order valence-corrected chi connectivity index (χ0v) is 12.6. The third-order valence-corrected chi connectivity index (χ3v) is 4.01. The summed E-state index contributed by atoms with van der Waals surface area (Å²) >= 11 is 12.6. The van der Waals surface area contributed by atoms with Gasteiger partial charge in [0.1, 0.15) is 5.82 Å². The molecular weight excluding hydrogens is 282 g/mol. The molecule has 0 bridgehead atoms. The van der Waals surface area contributed by atoms with Gasteiger partial charge in [0.15, 0.2) is 0 Å². The van der Waals surface area contributed by atoms with Crippen LogP contribution in [0.4, 0.5) is 4.39 Å². The van der Waals surface area contributed by atoms with Gasteiger partial charge < -0.3 is 0 Å². The molecule has 0 aliphatic rings. The second-order valence-corrected chi connectivity index (χ2v) is 5.69. The van der Waals surface area contributed by atoms with Crippen molar-refractivity contribution >= 4 is 23.2 Å². The molecule has 0 aliphatic heterocycles. The number of halogens is 3. The van der Waals surface area contributed by atoms with Gasteiger partial charge in [-0.05, 0) is 72.9 Å². The Bertz CT molecular complexity index is 597. The summed E-state index contributed by atoms with van der Waals surface area (Å²) < 4.78 is 13.4. The Morgan fingerprint density at radius 3 is 2.11 bits per heavy atom. The molecule has 0 radical (unpaired) electrons. The van der Waals surface area contributed by atoms with Gasteiger partial charge in [-0.3, -0.25) is 0 Å². The van der Waals surface area contributed by atoms with Crippen LogP contribution in [0, 0.1) is 26.6 Å². The molecule has 0 fully saturated rings. The third kappa shape index (κ3) is 2.93. The molecule has 2 aromatic rings. The van der Waals surface area contributed by atoms with Crippen LogP contribution in [0.25, 0.3) is 0 Å². The molecule has 0 nitrogen and oxygen atoms in total. The van der Waals surface area contributed by atoms with Crippen LogP contribution in [0.3, 0.4) is 0 Å². The van der Waals surface area contributed by atoms with E-state index in [1.165, 1.54) is 12.1 Å². The largest absolute Gasteiger partial charge is 0.207 e. The smallest absolute Gasteiger partial charge is 0.123 e. The van der Waals surface area contributed by atoms with E-state index in [1.54, 1.807) is 0 Å². The number of benzene rings is 2. The lowest BCUT2D eigenvalue weighted by molar-refractivity contribution is 0.624. The molecule has 0 spiro atoms. The highest BCUT2D eigenvalue weighted by atomic mass is 35.5. The summed E-state index contributed by atoms with van der Waals surface area (Å²) in [5, 5.41) is 0.336. The first-order chi connectivity index (χ1) is 8.90. The molecule has 2 aromatic carbocycles. The van der Waals surface area contributed by atoms with Crippen molar-refractivity contribution in [3.8, 4) is 0 Å². The van der Waals surface area contributed by atoms with E-state index in [0.29, 0.717) is 5.02 Å². The number of hydrogen-bond donors (Lipinski definition) is 0. The Morgan fingerprint density at radius 2 is 1.53 bits per heavy atom. The van der Waals surface area contributed by atoms with Crippen molar-refractivity contribution in [2.75, 3.05) is 0 Å². The molecule has 0 heterocycles. The van der Waals surface area contributed by atoms with Crippen LogP contribution < -0.4 is 0 Å². The molecule has 0 aromatic heterocycles. The maximum atomic E-state index is 13.4. The minimum absolute atomic E-state index is 0.231. The summed E-state index contributed by atoms with van der Waals surface area (Å²) in [4.78, 5) is 0. The SMILES string of the molecule is Cc1ccc(Cl)cc1C(Cl)c1c(C)cc(F)cc1C. The molecule has 0 saturated heterocycles. The average Bonchev–Trinajstić information content (AvgIpc) is 2.30. The molecule has 0 saturated carbocycles. The molecule has 0 aliphatic carbocycles. The van der Waals surface area contributed by atoms with Crippen molar-refractivity contribution < 1.29 is 4.39 Å². The van der Waals surface area contributed by atoms with Gasteiger partial charge in [-0.25, -0.2) is 4.39 Å². The molecule has 100 valence electrons. The predicted molar refractivity (Wildman–Crippen MR) is 79.8 cm³/mol. The second kappa shape index (κ2) is 5.52. The zero-order chi connectivity index (χ0) is 14.2. The lowest BCUT2D eigenvalue weighted by atomic mass is 9.93. The van der Waals surface area contributed by atoms with E-state index in [-0.39, 0.29) is 11.2 Å². The van der Waals surface area contributed by atoms with Gasteiger partial charge in [0.2, 0.25) is 0 Å². The van der Waals surface area contributed by atoms with E-state index in [9.17, 15) is 4.39 Å². The summed E-state index contributed by atoms with van der Waals surface area (Å²) in [6.07, 6.45) is 0. The van der Waals surface area contributed by atoms with Crippen LogP contribution >= 0.6 is 23.2 Å². The molecule has 0 N–H and O–H groups in total. The minimum atomic E-state index is -0.320. The summed E-state index contributed by atoms with van der Waals surface area (Å²) in [6.45, 7) is 5.75. The van der Waals surface area contributed by atoms with Gasteiger partial charge in [0, 0.05) is 5.02 Å². The highest BCUT2D eigenvalue weighted by Gasteiger charge is 2.18. The lowest BCUT2D eigenvalue weighted by Gasteiger charge is -2.18. The maximum Gasteiger partial charge on any atom is 0.123 e. The molecule has 3 heteroatoms. The van der Waals surface area contributed by atoms with Crippen LogP contribution in [-0.4, -0.2) is 0 Å². The van der Waals surface area contributed by atoms with Crippen molar-refractivity contribution in [1.29, 1.82) is 0 Å². The molecule has 2 rings (SSSR count). The van der Waals surface area contributed by atoms with Crippen LogP contribution in [0.15, 0.2) is 30.3 Å². The van der Waals surface area contributed by atoms with Gasteiger partial charge in [-0.1, -0.05) is 17.7 Å². The fourth-order valence-electron chi connectivity index (χ4n) is 2.36. The Morgan fingerprint density at radius 1 is 0.947 bits per heavy atom. The molecule has 1 unspecified atom stereocenters. The van der Waals surface area contributed by atoms with Gasteiger partial charge in [-0.15, -0.1) is 11.6 Å². The molecule has 0 amide bonds. The van der Waals surface area contributed by atoms with Gasteiger partial charge in [0.05, 0.1) is 5.38 Å². The Balaban J connectivity index is 2.56. The maximum absolute atomic E-state index is 13.4. The highest BCUT2D eigenvalue weighted by Crippen LogP contribution is 2.36. The predicted octanol–water partition coefficient (Wildman–Crippen LogP) is 5.73. The number of aryl methyl sites for hydroxylation is 3. The molecule has 19 heavy (non-hydrogen) atoms. The molecule has 1 atom stereocenters. The van der Waals surface area contributed by atoms with Crippen molar-refractivity contribution in [3.05, 3.63) is 69.0 Å². The number of hydrogen-bond acceptors (Lipinski definition) is 0. The number of rotatable bonds is 2. The fourth-order valence-corrected chi connectivity index (χ4v) is 3.12.